The van der Waals surface area contributed by atoms with Crippen LogP contribution in [0, 0.1) is 5.92 Å². The Bertz CT molecular complexity index is 480. The summed E-state index contributed by atoms with van der Waals surface area (Å²) < 4.78 is 5.43. The standard InChI is InChI=1S/C16H27N5O/c1-17-16(21(4)11-14-7-8-22-12-14)19-10-13-5-6-15(18-9-13)20(2)3/h5-6,9,14H,7-8,10-12H2,1-4H3,(H,17,19). The van der Waals surface area contributed by atoms with E-state index in [1.165, 1.54) is 0 Å². The maximum atomic E-state index is 5.43. The van der Waals surface area contributed by atoms with Gasteiger partial charge in [0.25, 0.3) is 0 Å². The molecule has 122 valence electrons. The molecule has 1 aliphatic heterocycles. The molecule has 2 heterocycles. The molecule has 1 saturated heterocycles. The average Bonchev–Trinajstić information content (AvgIpc) is 3.01. The molecular formula is C16H27N5O. The lowest BCUT2D eigenvalue weighted by atomic mass is 10.1. The second-order valence-electron chi connectivity index (χ2n) is 5.93. The minimum absolute atomic E-state index is 0.601. The van der Waals surface area contributed by atoms with E-state index in [0.29, 0.717) is 5.92 Å². The maximum absolute atomic E-state index is 5.43. The minimum Gasteiger partial charge on any atom is -0.381 e. The third-order valence-corrected chi connectivity index (χ3v) is 3.85. The number of pyridine rings is 1. The molecular weight excluding hydrogens is 278 g/mol. The van der Waals surface area contributed by atoms with E-state index >= 15 is 0 Å². The predicted octanol–water partition coefficient (Wildman–Crippen LogP) is 1.19. The average molecular weight is 305 g/mol. The quantitative estimate of drug-likeness (QED) is 0.654. The van der Waals surface area contributed by atoms with Crippen molar-refractivity contribution in [2.24, 2.45) is 10.9 Å². The topological polar surface area (TPSA) is 53.0 Å². The summed E-state index contributed by atoms with van der Waals surface area (Å²) in [4.78, 5) is 12.9. The van der Waals surface area contributed by atoms with Crippen LogP contribution >= 0.6 is 0 Å². The van der Waals surface area contributed by atoms with Crippen LogP contribution in [-0.4, -0.2) is 63.8 Å². The Morgan fingerprint density at radius 1 is 1.41 bits per heavy atom. The van der Waals surface area contributed by atoms with Crippen LogP contribution in [0.15, 0.2) is 23.3 Å². The minimum atomic E-state index is 0.601. The van der Waals surface area contributed by atoms with Crippen LogP contribution in [0.1, 0.15) is 12.0 Å². The number of anilines is 1. The van der Waals surface area contributed by atoms with Crippen LogP contribution < -0.4 is 10.2 Å². The van der Waals surface area contributed by atoms with E-state index < -0.39 is 0 Å². The number of aromatic nitrogens is 1. The highest BCUT2D eigenvalue weighted by Crippen LogP contribution is 2.13. The van der Waals surface area contributed by atoms with Gasteiger partial charge in [0.2, 0.25) is 0 Å². The summed E-state index contributed by atoms with van der Waals surface area (Å²) in [6, 6.07) is 4.12. The molecule has 1 atom stereocenters. The third-order valence-electron chi connectivity index (χ3n) is 3.85. The molecule has 0 saturated carbocycles. The van der Waals surface area contributed by atoms with Crippen LogP contribution in [0.2, 0.25) is 0 Å². The van der Waals surface area contributed by atoms with Crippen molar-refractivity contribution in [2.45, 2.75) is 13.0 Å². The smallest absolute Gasteiger partial charge is 0.193 e. The number of nitrogens with zero attached hydrogens (tertiary/aromatic N) is 4. The highest BCUT2D eigenvalue weighted by Gasteiger charge is 2.18. The van der Waals surface area contributed by atoms with E-state index in [-0.39, 0.29) is 0 Å². The number of rotatable bonds is 5. The van der Waals surface area contributed by atoms with E-state index in [0.717, 1.165) is 50.1 Å². The molecule has 22 heavy (non-hydrogen) atoms. The lowest BCUT2D eigenvalue weighted by Crippen LogP contribution is -2.41. The van der Waals surface area contributed by atoms with E-state index in [2.05, 4.69) is 33.3 Å². The van der Waals surface area contributed by atoms with Gasteiger partial charge in [-0.25, -0.2) is 4.98 Å². The molecule has 0 aliphatic carbocycles. The molecule has 2 rings (SSSR count). The van der Waals surface area contributed by atoms with Gasteiger partial charge in [0.1, 0.15) is 5.82 Å². The normalized spacial score (nSPS) is 18.4. The number of ether oxygens (including phenoxy) is 1. The Labute approximate surface area is 133 Å². The lowest BCUT2D eigenvalue weighted by Gasteiger charge is -2.24. The van der Waals surface area contributed by atoms with Crippen LogP contribution in [0.5, 0.6) is 0 Å². The van der Waals surface area contributed by atoms with Gasteiger partial charge in [0.15, 0.2) is 5.96 Å². The van der Waals surface area contributed by atoms with Crippen molar-refractivity contribution in [1.29, 1.82) is 0 Å². The molecule has 0 amide bonds. The fourth-order valence-corrected chi connectivity index (χ4v) is 2.55. The number of aliphatic imine (C=N–C) groups is 1. The number of nitrogens with one attached hydrogen (secondary N) is 1. The van der Waals surface area contributed by atoms with Crippen molar-refractivity contribution in [2.75, 3.05) is 52.8 Å². The Morgan fingerprint density at radius 3 is 2.77 bits per heavy atom. The summed E-state index contributed by atoms with van der Waals surface area (Å²) in [5.74, 6) is 2.47. The molecule has 0 bridgehead atoms. The Balaban J connectivity index is 1.84. The van der Waals surface area contributed by atoms with Crippen molar-refractivity contribution < 1.29 is 4.74 Å². The Morgan fingerprint density at radius 2 is 2.23 bits per heavy atom. The first-order valence-electron chi connectivity index (χ1n) is 7.72. The van der Waals surface area contributed by atoms with Crippen molar-refractivity contribution in [3.63, 3.8) is 0 Å². The van der Waals surface area contributed by atoms with Crippen molar-refractivity contribution in [3.8, 4) is 0 Å². The zero-order valence-corrected chi connectivity index (χ0v) is 14.0. The van der Waals surface area contributed by atoms with Crippen LogP contribution in [-0.2, 0) is 11.3 Å². The highest BCUT2D eigenvalue weighted by atomic mass is 16.5. The first-order chi connectivity index (χ1) is 10.6. The maximum Gasteiger partial charge on any atom is 0.193 e. The third kappa shape index (κ3) is 4.59. The van der Waals surface area contributed by atoms with Gasteiger partial charge >= 0.3 is 0 Å². The molecule has 1 N–H and O–H groups in total. The number of hydrogen-bond acceptors (Lipinski definition) is 4. The predicted molar refractivity (Wildman–Crippen MR) is 90.3 cm³/mol. The molecule has 0 radical (unpaired) electrons. The zero-order valence-electron chi connectivity index (χ0n) is 14.0. The Kier molecular flexibility index (Phi) is 6.00. The van der Waals surface area contributed by atoms with Crippen molar-refractivity contribution in [1.82, 2.24) is 15.2 Å². The molecule has 0 aromatic carbocycles. The summed E-state index contributed by atoms with van der Waals surface area (Å²) >= 11 is 0. The summed E-state index contributed by atoms with van der Waals surface area (Å²) in [7, 11) is 7.87. The lowest BCUT2D eigenvalue weighted by molar-refractivity contribution is 0.181. The van der Waals surface area contributed by atoms with Gasteiger partial charge in [-0.3, -0.25) is 4.99 Å². The summed E-state index contributed by atoms with van der Waals surface area (Å²) in [5.41, 5.74) is 1.14. The zero-order chi connectivity index (χ0) is 15.9. The van der Waals surface area contributed by atoms with Gasteiger partial charge in [0.05, 0.1) is 6.61 Å². The van der Waals surface area contributed by atoms with E-state index in [9.17, 15) is 0 Å². The Hall–Kier alpha value is -1.82. The molecule has 6 nitrogen and oxygen atoms in total. The van der Waals surface area contributed by atoms with Gasteiger partial charge < -0.3 is 19.9 Å². The van der Waals surface area contributed by atoms with Gasteiger partial charge in [-0.05, 0) is 18.1 Å². The summed E-state index contributed by atoms with van der Waals surface area (Å²) in [5, 5.41) is 3.39. The first kappa shape index (κ1) is 16.5. The molecule has 6 heteroatoms. The van der Waals surface area contributed by atoms with E-state index in [1.54, 1.807) is 0 Å². The fourth-order valence-electron chi connectivity index (χ4n) is 2.55. The first-order valence-corrected chi connectivity index (χ1v) is 7.72. The summed E-state index contributed by atoms with van der Waals surface area (Å²) in [6.07, 6.45) is 3.04. The van der Waals surface area contributed by atoms with Crippen molar-refractivity contribution in [3.05, 3.63) is 23.9 Å². The second-order valence-corrected chi connectivity index (χ2v) is 5.93. The fraction of sp³-hybridized carbons (Fsp3) is 0.625. The summed E-state index contributed by atoms with van der Waals surface area (Å²) in [6.45, 7) is 3.43. The molecule has 0 spiro atoms. The van der Waals surface area contributed by atoms with Gasteiger partial charge in [-0.15, -0.1) is 0 Å². The van der Waals surface area contributed by atoms with E-state index in [4.69, 9.17) is 4.74 Å². The SMILES string of the molecule is CN=C(NCc1ccc(N(C)C)nc1)N(C)CC1CCOC1. The van der Waals surface area contributed by atoms with Gasteiger partial charge in [0, 0.05) is 60.0 Å². The molecule has 1 fully saturated rings. The molecule has 1 aromatic rings. The second kappa shape index (κ2) is 7.98. The number of hydrogen-bond donors (Lipinski definition) is 1. The molecule has 1 aromatic heterocycles. The van der Waals surface area contributed by atoms with Crippen LogP contribution in [0.25, 0.3) is 0 Å². The molecule has 1 unspecified atom stereocenters. The van der Waals surface area contributed by atoms with Crippen LogP contribution in [0.3, 0.4) is 0 Å². The van der Waals surface area contributed by atoms with Crippen LogP contribution in [0.4, 0.5) is 5.82 Å². The van der Waals surface area contributed by atoms with Crippen molar-refractivity contribution >= 4 is 11.8 Å². The van der Waals surface area contributed by atoms with Gasteiger partial charge in [-0.2, -0.15) is 0 Å². The van der Waals surface area contributed by atoms with Gasteiger partial charge in [-0.1, -0.05) is 6.07 Å². The monoisotopic (exact) mass is 305 g/mol. The largest absolute Gasteiger partial charge is 0.381 e. The highest BCUT2D eigenvalue weighted by molar-refractivity contribution is 5.79. The van der Waals surface area contributed by atoms with E-state index in [1.807, 2.05) is 38.3 Å². The molecule has 1 aliphatic rings. The number of guanidine groups is 1.